The Bertz CT molecular complexity index is 101. The van der Waals surface area contributed by atoms with Crippen LogP contribution in [0.25, 0.3) is 0 Å². The van der Waals surface area contributed by atoms with Crippen LogP contribution in [0.15, 0.2) is 0 Å². The fourth-order valence-electron chi connectivity index (χ4n) is 3.68. The Labute approximate surface area is 89.8 Å². The molecular formula is C10H15ClPd. The van der Waals surface area contributed by atoms with E-state index in [9.17, 15) is 0 Å². The van der Waals surface area contributed by atoms with Gasteiger partial charge in [0.2, 0.25) is 0 Å². The van der Waals surface area contributed by atoms with Crippen LogP contribution < -0.4 is 0 Å². The van der Waals surface area contributed by atoms with Gasteiger partial charge in [-0.1, -0.05) is 37.0 Å². The second kappa shape index (κ2) is 3.99. The van der Waals surface area contributed by atoms with Crippen molar-refractivity contribution in [3.8, 4) is 0 Å². The molecule has 72 valence electrons. The fraction of sp³-hybridized carbons (Fsp3) is 0.900. The van der Waals surface area contributed by atoms with E-state index in [0.29, 0.717) is 0 Å². The van der Waals surface area contributed by atoms with Crippen molar-refractivity contribution in [2.75, 3.05) is 0 Å². The van der Waals surface area contributed by atoms with Crippen LogP contribution in [-0.2, 0) is 18.2 Å². The molecule has 0 aliphatic heterocycles. The van der Waals surface area contributed by atoms with Crippen LogP contribution in [0.1, 0.15) is 38.5 Å². The van der Waals surface area contributed by atoms with Gasteiger partial charge in [0, 0.05) is 0 Å². The zero-order valence-electron chi connectivity index (χ0n) is 7.17. The fourth-order valence-corrected chi connectivity index (χ4v) is 3.68. The maximum absolute atomic E-state index is 4.49. The van der Waals surface area contributed by atoms with Crippen molar-refractivity contribution in [3.05, 3.63) is 5.92 Å². The van der Waals surface area contributed by atoms with Crippen LogP contribution in [0.5, 0.6) is 0 Å². The van der Waals surface area contributed by atoms with Gasteiger partial charge in [-0.15, -0.1) is 0 Å². The Kier molecular flexibility index (Phi) is 3.16. The van der Waals surface area contributed by atoms with Crippen molar-refractivity contribution in [3.63, 3.8) is 0 Å². The van der Waals surface area contributed by atoms with Crippen LogP contribution >= 0.6 is 9.53 Å². The van der Waals surface area contributed by atoms with Gasteiger partial charge in [0.1, 0.15) is 0 Å². The first-order valence-electron chi connectivity index (χ1n) is 4.85. The number of halogens is 1. The summed E-state index contributed by atoms with van der Waals surface area (Å²) in [5.41, 5.74) is 0. The van der Waals surface area contributed by atoms with Crippen LogP contribution in [0.3, 0.4) is 0 Å². The monoisotopic (exact) mass is 276 g/mol. The number of rotatable bonds is 0. The van der Waals surface area contributed by atoms with Gasteiger partial charge in [-0.3, -0.25) is 0 Å². The topological polar surface area (TPSA) is 0 Å². The first kappa shape index (κ1) is 9.51. The van der Waals surface area contributed by atoms with Gasteiger partial charge in [-0.2, -0.15) is 19.3 Å². The summed E-state index contributed by atoms with van der Waals surface area (Å²) in [7, 11) is 4.49. The van der Waals surface area contributed by atoms with E-state index in [1.165, 1.54) is 19.3 Å². The molecule has 4 aliphatic rings. The van der Waals surface area contributed by atoms with Gasteiger partial charge >= 0.3 is 27.7 Å². The molecule has 0 aromatic rings. The van der Waals surface area contributed by atoms with E-state index < -0.39 is 0 Å². The Morgan fingerprint density at radius 3 is 1.42 bits per heavy atom. The molecule has 4 rings (SSSR count). The van der Waals surface area contributed by atoms with E-state index in [2.05, 4.69) is 27.7 Å². The molecule has 0 N–H and O–H groups in total. The van der Waals surface area contributed by atoms with E-state index >= 15 is 0 Å². The molecule has 0 heterocycles. The number of hydrogen-bond donors (Lipinski definition) is 0. The van der Waals surface area contributed by atoms with E-state index in [4.69, 9.17) is 0 Å². The molecule has 4 fully saturated rings. The summed E-state index contributed by atoms with van der Waals surface area (Å²) in [5.74, 6) is 5.35. The van der Waals surface area contributed by atoms with Crippen molar-refractivity contribution < 1.29 is 18.2 Å². The first-order valence-corrected chi connectivity index (χ1v) is 6.86. The van der Waals surface area contributed by atoms with Crippen molar-refractivity contribution in [2.45, 2.75) is 38.5 Å². The predicted octanol–water partition coefficient (Wildman–Crippen LogP) is 3.48. The molecule has 0 nitrogen and oxygen atoms in total. The zero-order valence-corrected chi connectivity index (χ0v) is 9.48. The summed E-state index contributed by atoms with van der Waals surface area (Å²) >= 11 is 2.22. The van der Waals surface area contributed by atoms with Crippen molar-refractivity contribution in [1.82, 2.24) is 0 Å². The van der Waals surface area contributed by atoms with Gasteiger partial charge in [0.05, 0.1) is 0 Å². The van der Waals surface area contributed by atoms with Crippen LogP contribution in [0.2, 0.25) is 0 Å². The molecule has 0 radical (unpaired) electrons. The second-order valence-electron chi connectivity index (χ2n) is 4.67. The normalized spacial score (nSPS) is 44.1. The van der Waals surface area contributed by atoms with Crippen LogP contribution in [0.4, 0.5) is 0 Å². The van der Waals surface area contributed by atoms with Crippen LogP contribution in [0, 0.1) is 23.7 Å². The van der Waals surface area contributed by atoms with Gasteiger partial charge in [-0.05, 0) is 0 Å². The van der Waals surface area contributed by atoms with E-state index in [-0.39, 0.29) is 0 Å². The van der Waals surface area contributed by atoms with Crippen molar-refractivity contribution in [2.24, 2.45) is 17.8 Å². The Morgan fingerprint density at radius 1 is 0.833 bits per heavy atom. The third-order valence-electron chi connectivity index (χ3n) is 3.73. The molecule has 0 aromatic heterocycles. The third-order valence-corrected chi connectivity index (χ3v) is 3.73. The summed E-state index contributed by atoms with van der Waals surface area (Å²) in [4.78, 5) is 0. The SMILES string of the molecule is C1[C-]2CC3CC1CC(C2)C3.[Cl][Pd+]. The van der Waals surface area contributed by atoms with E-state index in [1.807, 2.05) is 5.92 Å². The molecule has 0 spiro atoms. The number of hydrogen-bond acceptors (Lipinski definition) is 0. The minimum atomic E-state index is 1.14. The zero-order chi connectivity index (χ0) is 8.55. The maximum atomic E-state index is 4.49. The Hall–Kier alpha value is 0.952. The molecule has 4 bridgehead atoms. The van der Waals surface area contributed by atoms with Gasteiger partial charge < -0.3 is 5.92 Å². The second-order valence-corrected chi connectivity index (χ2v) is 4.67. The predicted molar refractivity (Wildman–Crippen MR) is 47.3 cm³/mol. The molecule has 0 aromatic carbocycles. The van der Waals surface area contributed by atoms with E-state index in [1.54, 1.807) is 19.3 Å². The molecule has 4 aliphatic carbocycles. The summed E-state index contributed by atoms with van der Waals surface area (Å²) in [5, 5.41) is 0. The van der Waals surface area contributed by atoms with Crippen molar-refractivity contribution >= 4 is 9.53 Å². The molecule has 0 amide bonds. The van der Waals surface area contributed by atoms with Gasteiger partial charge in [-0.25, -0.2) is 0 Å². The molecular weight excluding hydrogens is 262 g/mol. The average molecular weight is 277 g/mol. The molecule has 0 saturated heterocycles. The molecule has 0 unspecified atom stereocenters. The first-order chi connectivity index (χ1) is 5.90. The van der Waals surface area contributed by atoms with Gasteiger partial charge in [0.25, 0.3) is 0 Å². The average Bonchev–Trinajstić information content (AvgIpc) is 2.05. The summed E-state index contributed by atoms with van der Waals surface area (Å²) in [6.07, 6.45) is 9.31. The third kappa shape index (κ3) is 1.74. The molecule has 2 heteroatoms. The van der Waals surface area contributed by atoms with Gasteiger partial charge in [0.15, 0.2) is 0 Å². The molecule has 4 saturated carbocycles. The summed E-state index contributed by atoms with van der Waals surface area (Å²) in [6.45, 7) is 0. The standard InChI is InChI=1S/C10H15.ClH.Pd/c1-7-2-9-4-8(1)5-10(3-7)6-9;;/h7-9H,1-6H2;1H;/q-1;;+2/p-1. The summed E-state index contributed by atoms with van der Waals surface area (Å²) in [6, 6.07) is 0. The van der Waals surface area contributed by atoms with Crippen LogP contribution in [-0.4, -0.2) is 0 Å². The molecule has 0 atom stereocenters. The quantitative estimate of drug-likeness (QED) is 0.470. The Balaban J connectivity index is 0.000000264. The minimum absolute atomic E-state index is 1.14. The van der Waals surface area contributed by atoms with E-state index in [0.717, 1.165) is 17.8 Å². The van der Waals surface area contributed by atoms with Crippen molar-refractivity contribution in [1.29, 1.82) is 0 Å². The summed E-state index contributed by atoms with van der Waals surface area (Å²) < 4.78 is 0. The Morgan fingerprint density at radius 2 is 1.17 bits per heavy atom. The molecule has 12 heavy (non-hydrogen) atoms.